The molecule has 18 heavy (non-hydrogen) atoms. The molecule has 1 N–H and O–H groups in total. The standard InChI is InChI=1S/C13H9Cl2NOS/c14-11-2-1-8(5-12(11)15)10(6-16)13(17)9-3-4-18-7-9/h1-5,7,10,13,17H. The zero-order valence-corrected chi connectivity index (χ0v) is 11.5. The van der Waals surface area contributed by atoms with Crippen molar-refractivity contribution in [3.63, 3.8) is 0 Å². The maximum Gasteiger partial charge on any atom is 0.101 e. The Morgan fingerprint density at radius 3 is 2.50 bits per heavy atom. The molecule has 2 nitrogen and oxygen atoms in total. The molecule has 0 saturated carbocycles. The van der Waals surface area contributed by atoms with Crippen LogP contribution in [0.15, 0.2) is 35.0 Å². The van der Waals surface area contributed by atoms with E-state index in [0.29, 0.717) is 15.6 Å². The number of hydrogen-bond donors (Lipinski definition) is 1. The van der Waals surface area contributed by atoms with Gasteiger partial charge in [-0.15, -0.1) is 0 Å². The molecule has 2 atom stereocenters. The second-order valence-electron chi connectivity index (χ2n) is 3.78. The molecule has 0 amide bonds. The van der Waals surface area contributed by atoms with Crippen LogP contribution >= 0.6 is 34.5 Å². The summed E-state index contributed by atoms with van der Waals surface area (Å²) in [4.78, 5) is 0. The first-order chi connectivity index (χ1) is 8.63. The average Bonchev–Trinajstić information content (AvgIpc) is 2.88. The number of aliphatic hydroxyl groups is 1. The smallest absolute Gasteiger partial charge is 0.101 e. The fourth-order valence-corrected chi connectivity index (χ4v) is 2.66. The van der Waals surface area contributed by atoms with Crippen molar-refractivity contribution in [1.29, 1.82) is 5.26 Å². The minimum absolute atomic E-state index is 0.381. The monoisotopic (exact) mass is 297 g/mol. The molecule has 1 aromatic carbocycles. The number of nitriles is 1. The molecule has 2 aromatic rings. The molecular weight excluding hydrogens is 289 g/mol. The number of benzene rings is 1. The summed E-state index contributed by atoms with van der Waals surface area (Å²) >= 11 is 13.2. The highest BCUT2D eigenvalue weighted by Gasteiger charge is 2.23. The van der Waals surface area contributed by atoms with Gasteiger partial charge in [-0.25, -0.2) is 0 Å². The topological polar surface area (TPSA) is 44.0 Å². The number of halogens is 2. The lowest BCUT2D eigenvalue weighted by molar-refractivity contribution is 0.164. The van der Waals surface area contributed by atoms with E-state index in [1.807, 2.05) is 10.8 Å². The second kappa shape index (κ2) is 5.73. The predicted octanol–water partition coefficient (Wildman–Crippen LogP) is 4.40. The van der Waals surface area contributed by atoms with E-state index in [1.165, 1.54) is 11.3 Å². The van der Waals surface area contributed by atoms with Gasteiger partial charge in [0.1, 0.15) is 5.92 Å². The van der Waals surface area contributed by atoms with Crippen molar-refractivity contribution in [2.45, 2.75) is 12.0 Å². The van der Waals surface area contributed by atoms with Crippen molar-refractivity contribution in [2.75, 3.05) is 0 Å². The summed E-state index contributed by atoms with van der Waals surface area (Å²) in [6.07, 6.45) is -0.863. The first kappa shape index (κ1) is 13.4. The first-order valence-corrected chi connectivity index (χ1v) is 6.88. The van der Waals surface area contributed by atoms with E-state index in [0.717, 1.165) is 5.56 Å². The Kier molecular flexibility index (Phi) is 4.26. The maximum atomic E-state index is 10.2. The number of nitrogens with zero attached hydrogens (tertiary/aromatic N) is 1. The molecule has 0 bridgehead atoms. The lowest BCUT2D eigenvalue weighted by Crippen LogP contribution is -2.08. The van der Waals surface area contributed by atoms with Gasteiger partial charge in [0, 0.05) is 0 Å². The van der Waals surface area contributed by atoms with Crippen LogP contribution in [0, 0.1) is 11.3 Å². The summed E-state index contributed by atoms with van der Waals surface area (Å²) in [6, 6.07) is 8.86. The zero-order chi connectivity index (χ0) is 13.1. The molecule has 5 heteroatoms. The third-order valence-electron chi connectivity index (χ3n) is 2.64. The van der Waals surface area contributed by atoms with Crippen molar-refractivity contribution in [3.8, 4) is 6.07 Å². The van der Waals surface area contributed by atoms with Crippen molar-refractivity contribution in [1.82, 2.24) is 0 Å². The van der Waals surface area contributed by atoms with Gasteiger partial charge in [0.2, 0.25) is 0 Å². The van der Waals surface area contributed by atoms with Crippen molar-refractivity contribution in [2.24, 2.45) is 0 Å². The van der Waals surface area contributed by atoms with Gasteiger partial charge >= 0.3 is 0 Å². The normalized spacial score (nSPS) is 13.9. The average molecular weight is 298 g/mol. The van der Waals surface area contributed by atoms with Crippen molar-refractivity contribution >= 4 is 34.5 Å². The summed E-state index contributed by atoms with van der Waals surface area (Å²) in [5.41, 5.74) is 1.39. The van der Waals surface area contributed by atoms with Crippen LogP contribution in [-0.2, 0) is 0 Å². The Morgan fingerprint density at radius 1 is 1.17 bits per heavy atom. The minimum atomic E-state index is -0.863. The third-order valence-corrected chi connectivity index (χ3v) is 4.08. The first-order valence-electron chi connectivity index (χ1n) is 5.18. The van der Waals surface area contributed by atoms with Gasteiger partial charge < -0.3 is 5.11 Å². The highest BCUT2D eigenvalue weighted by Crippen LogP contribution is 2.34. The molecular formula is C13H9Cl2NOS. The molecule has 1 heterocycles. The van der Waals surface area contributed by atoms with E-state index in [2.05, 4.69) is 6.07 Å². The summed E-state index contributed by atoms with van der Waals surface area (Å²) in [5.74, 6) is -0.658. The van der Waals surface area contributed by atoms with Crippen LogP contribution in [0.2, 0.25) is 10.0 Å². The molecule has 2 rings (SSSR count). The van der Waals surface area contributed by atoms with E-state index in [9.17, 15) is 10.4 Å². The van der Waals surface area contributed by atoms with Gasteiger partial charge in [-0.1, -0.05) is 29.3 Å². The van der Waals surface area contributed by atoms with Gasteiger partial charge in [-0.2, -0.15) is 16.6 Å². The van der Waals surface area contributed by atoms with E-state index in [4.69, 9.17) is 23.2 Å². The summed E-state index contributed by atoms with van der Waals surface area (Å²) in [5, 5.41) is 23.9. The van der Waals surface area contributed by atoms with Gasteiger partial charge in [0.25, 0.3) is 0 Å². The SMILES string of the molecule is N#CC(c1ccc(Cl)c(Cl)c1)C(O)c1ccsc1. The van der Waals surface area contributed by atoms with Crippen LogP contribution in [0.25, 0.3) is 0 Å². The van der Waals surface area contributed by atoms with Gasteiger partial charge in [0.15, 0.2) is 0 Å². The Balaban J connectivity index is 2.34. The van der Waals surface area contributed by atoms with Crippen LogP contribution in [-0.4, -0.2) is 5.11 Å². The van der Waals surface area contributed by atoms with E-state index >= 15 is 0 Å². The largest absolute Gasteiger partial charge is 0.387 e. The van der Waals surface area contributed by atoms with Crippen LogP contribution in [0.5, 0.6) is 0 Å². The Hall–Kier alpha value is -1.05. The summed E-state index contributed by atoms with van der Waals surface area (Å²) in [7, 11) is 0. The molecule has 0 aliphatic carbocycles. The molecule has 2 unspecified atom stereocenters. The Bertz CT molecular complexity index is 577. The summed E-state index contributed by atoms with van der Waals surface area (Å²) in [6.45, 7) is 0. The van der Waals surface area contributed by atoms with Crippen molar-refractivity contribution < 1.29 is 5.11 Å². The highest BCUT2D eigenvalue weighted by molar-refractivity contribution is 7.07. The third kappa shape index (κ3) is 2.68. The van der Waals surface area contributed by atoms with Crippen LogP contribution < -0.4 is 0 Å². The number of rotatable bonds is 3. The molecule has 0 fully saturated rings. The lowest BCUT2D eigenvalue weighted by Gasteiger charge is -2.16. The van der Waals surface area contributed by atoms with E-state index in [-0.39, 0.29) is 0 Å². The number of thiophene rings is 1. The van der Waals surface area contributed by atoms with E-state index < -0.39 is 12.0 Å². The van der Waals surface area contributed by atoms with Crippen LogP contribution in [0.1, 0.15) is 23.1 Å². The Labute approximate surface area is 119 Å². The molecule has 0 saturated heterocycles. The van der Waals surface area contributed by atoms with Crippen LogP contribution in [0.4, 0.5) is 0 Å². The number of hydrogen-bond acceptors (Lipinski definition) is 3. The van der Waals surface area contributed by atoms with Gasteiger partial charge in [-0.3, -0.25) is 0 Å². The molecule has 0 aliphatic rings. The molecule has 0 spiro atoms. The molecule has 0 aliphatic heterocycles. The molecule has 92 valence electrons. The minimum Gasteiger partial charge on any atom is -0.387 e. The lowest BCUT2D eigenvalue weighted by atomic mass is 9.92. The predicted molar refractivity (Wildman–Crippen MR) is 74.1 cm³/mol. The molecule has 1 aromatic heterocycles. The van der Waals surface area contributed by atoms with E-state index in [1.54, 1.807) is 24.3 Å². The quantitative estimate of drug-likeness (QED) is 0.913. The van der Waals surface area contributed by atoms with Gasteiger partial charge in [-0.05, 0) is 40.1 Å². The summed E-state index contributed by atoms with van der Waals surface area (Å²) < 4.78 is 0. The second-order valence-corrected chi connectivity index (χ2v) is 5.38. The van der Waals surface area contributed by atoms with Gasteiger partial charge in [0.05, 0.1) is 22.2 Å². The highest BCUT2D eigenvalue weighted by atomic mass is 35.5. The zero-order valence-electron chi connectivity index (χ0n) is 9.18. The fourth-order valence-electron chi connectivity index (χ4n) is 1.67. The Morgan fingerprint density at radius 2 is 1.94 bits per heavy atom. The fraction of sp³-hybridized carbons (Fsp3) is 0.154. The van der Waals surface area contributed by atoms with Crippen molar-refractivity contribution in [3.05, 3.63) is 56.2 Å². The molecule has 0 radical (unpaired) electrons. The number of aliphatic hydroxyl groups excluding tert-OH is 1. The van der Waals surface area contributed by atoms with Crippen LogP contribution in [0.3, 0.4) is 0 Å². The maximum absolute atomic E-state index is 10.2.